The van der Waals surface area contributed by atoms with Crippen LogP contribution in [0, 0.1) is 0 Å². The second-order valence-electron chi connectivity index (χ2n) is 3.73. The monoisotopic (exact) mass is 274 g/mol. The lowest BCUT2D eigenvalue weighted by molar-refractivity contribution is 0.102. The molecule has 1 aromatic carbocycles. The number of fused-ring (bicyclic) bond motifs is 1. The van der Waals surface area contributed by atoms with E-state index in [2.05, 4.69) is 30.9 Å². The van der Waals surface area contributed by atoms with Crippen molar-refractivity contribution in [2.45, 2.75) is 0 Å². The standard InChI is InChI=1S/C11H7ClN6O/c12-7-4-6-2-1-3-13-9(6)8(5-7)10(19)14-11-15-17-18-16-11/h1-5H,(H2,14,15,16,17,18,19). The highest BCUT2D eigenvalue weighted by molar-refractivity contribution is 6.32. The summed E-state index contributed by atoms with van der Waals surface area (Å²) >= 11 is 5.99. The molecule has 7 nitrogen and oxygen atoms in total. The summed E-state index contributed by atoms with van der Waals surface area (Å²) in [4.78, 5) is 16.3. The van der Waals surface area contributed by atoms with E-state index in [9.17, 15) is 4.79 Å². The molecule has 0 atom stereocenters. The van der Waals surface area contributed by atoms with Gasteiger partial charge in [0.15, 0.2) is 0 Å². The van der Waals surface area contributed by atoms with Gasteiger partial charge in [-0.1, -0.05) is 22.8 Å². The summed E-state index contributed by atoms with van der Waals surface area (Å²) in [6.07, 6.45) is 1.61. The molecule has 0 bridgehead atoms. The number of rotatable bonds is 2. The topological polar surface area (TPSA) is 96.5 Å². The molecule has 0 fully saturated rings. The molecule has 8 heteroatoms. The summed E-state index contributed by atoms with van der Waals surface area (Å²) in [5.41, 5.74) is 0.927. The largest absolute Gasteiger partial charge is 0.289 e. The normalized spacial score (nSPS) is 10.6. The van der Waals surface area contributed by atoms with E-state index in [1.807, 2.05) is 6.07 Å². The van der Waals surface area contributed by atoms with Crippen LogP contribution in [-0.2, 0) is 0 Å². The van der Waals surface area contributed by atoms with Crippen LogP contribution in [0.4, 0.5) is 5.95 Å². The van der Waals surface area contributed by atoms with Crippen molar-refractivity contribution in [2.75, 3.05) is 5.32 Å². The Balaban J connectivity index is 2.06. The van der Waals surface area contributed by atoms with Crippen molar-refractivity contribution < 1.29 is 4.79 Å². The number of hydrogen-bond donors (Lipinski definition) is 2. The van der Waals surface area contributed by atoms with E-state index < -0.39 is 0 Å². The van der Waals surface area contributed by atoms with Gasteiger partial charge in [0.1, 0.15) is 0 Å². The van der Waals surface area contributed by atoms with Gasteiger partial charge in [0.2, 0.25) is 5.95 Å². The lowest BCUT2D eigenvalue weighted by atomic mass is 10.1. The van der Waals surface area contributed by atoms with Crippen LogP contribution in [0.25, 0.3) is 10.9 Å². The van der Waals surface area contributed by atoms with Crippen LogP contribution in [0.3, 0.4) is 0 Å². The molecule has 3 aromatic rings. The van der Waals surface area contributed by atoms with Crippen molar-refractivity contribution in [3.05, 3.63) is 41.0 Å². The molecule has 2 N–H and O–H groups in total. The zero-order chi connectivity index (χ0) is 13.2. The Bertz CT molecular complexity index is 742. The number of halogens is 1. The lowest BCUT2D eigenvalue weighted by Gasteiger charge is -2.05. The molecule has 0 aliphatic carbocycles. The highest BCUT2D eigenvalue weighted by Gasteiger charge is 2.14. The summed E-state index contributed by atoms with van der Waals surface area (Å²) < 4.78 is 0. The van der Waals surface area contributed by atoms with Gasteiger partial charge in [0.25, 0.3) is 5.91 Å². The van der Waals surface area contributed by atoms with E-state index in [0.29, 0.717) is 16.1 Å². The van der Waals surface area contributed by atoms with E-state index in [1.54, 1.807) is 24.4 Å². The smallest absolute Gasteiger partial charge is 0.260 e. The molecule has 94 valence electrons. The zero-order valence-corrected chi connectivity index (χ0v) is 10.2. The third kappa shape index (κ3) is 2.23. The summed E-state index contributed by atoms with van der Waals surface area (Å²) in [5.74, 6) is -0.223. The maximum absolute atomic E-state index is 12.2. The van der Waals surface area contributed by atoms with Gasteiger partial charge in [0, 0.05) is 16.6 Å². The number of anilines is 1. The Labute approximate surface area is 112 Å². The van der Waals surface area contributed by atoms with Crippen LogP contribution in [0.2, 0.25) is 5.02 Å². The maximum Gasteiger partial charge on any atom is 0.260 e. The van der Waals surface area contributed by atoms with Gasteiger partial charge in [-0.25, -0.2) is 5.10 Å². The van der Waals surface area contributed by atoms with Gasteiger partial charge < -0.3 is 0 Å². The number of carbonyl (C=O) groups is 1. The number of carbonyl (C=O) groups excluding carboxylic acids is 1. The number of benzene rings is 1. The van der Waals surface area contributed by atoms with E-state index in [1.165, 1.54) is 0 Å². The van der Waals surface area contributed by atoms with Crippen LogP contribution in [0.15, 0.2) is 30.5 Å². The van der Waals surface area contributed by atoms with Crippen molar-refractivity contribution >= 4 is 34.4 Å². The van der Waals surface area contributed by atoms with E-state index >= 15 is 0 Å². The van der Waals surface area contributed by atoms with Crippen molar-refractivity contribution in [1.29, 1.82) is 0 Å². The molecule has 0 spiro atoms. The second-order valence-corrected chi connectivity index (χ2v) is 4.17. The van der Waals surface area contributed by atoms with Crippen LogP contribution < -0.4 is 5.32 Å². The minimum absolute atomic E-state index is 0.161. The van der Waals surface area contributed by atoms with Crippen molar-refractivity contribution in [3.63, 3.8) is 0 Å². The third-order valence-corrected chi connectivity index (χ3v) is 2.71. The number of hydrogen-bond acceptors (Lipinski definition) is 5. The Morgan fingerprint density at radius 2 is 2.26 bits per heavy atom. The van der Waals surface area contributed by atoms with Gasteiger partial charge in [-0.05, 0) is 28.6 Å². The SMILES string of the molecule is O=C(Nc1nnn[nH]1)c1cc(Cl)cc2cccnc12. The Hall–Kier alpha value is -2.54. The van der Waals surface area contributed by atoms with Gasteiger partial charge in [-0.15, -0.1) is 0 Å². The quantitative estimate of drug-likeness (QED) is 0.741. The van der Waals surface area contributed by atoms with Crippen LogP contribution in [0.5, 0.6) is 0 Å². The zero-order valence-electron chi connectivity index (χ0n) is 9.46. The summed E-state index contributed by atoms with van der Waals surface area (Å²) in [5, 5.41) is 16.5. The van der Waals surface area contributed by atoms with Crippen LogP contribution >= 0.6 is 11.6 Å². The fourth-order valence-electron chi connectivity index (χ4n) is 1.72. The molecule has 1 amide bonds. The van der Waals surface area contributed by atoms with E-state index in [4.69, 9.17) is 11.6 Å². The fraction of sp³-hybridized carbons (Fsp3) is 0. The first-order valence-corrected chi connectivity index (χ1v) is 5.71. The summed E-state index contributed by atoms with van der Waals surface area (Å²) in [6.45, 7) is 0. The molecular weight excluding hydrogens is 268 g/mol. The number of tetrazole rings is 1. The molecule has 0 radical (unpaired) electrons. The molecule has 2 aromatic heterocycles. The van der Waals surface area contributed by atoms with Gasteiger partial charge in [-0.3, -0.25) is 15.1 Å². The average Bonchev–Trinajstić information content (AvgIpc) is 2.90. The predicted octanol–water partition coefficient (Wildman–Crippen LogP) is 1.65. The molecule has 2 heterocycles. The minimum atomic E-state index is -0.384. The number of nitrogens with one attached hydrogen (secondary N) is 2. The Kier molecular flexibility index (Phi) is 2.81. The van der Waals surface area contributed by atoms with E-state index in [-0.39, 0.29) is 11.9 Å². The van der Waals surface area contributed by atoms with Crippen LogP contribution in [-0.4, -0.2) is 31.5 Å². The Morgan fingerprint density at radius 1 is 1.37 bits per heavy atom. The van der Waals surface area contributed by atoms with Crippen molar-refractivity contribution in [1.82, 2.24) is 25.6 Å². The third-order valence-electron chi connectivity index (χ3n) is 2.49. The average molecular weight is 275 g/mol. The number of nitrogens with zero attached hydrogens (tertiary/aromatic N) is 4. The van der Waals surface area contributed by atoms with Crippen molar-refractivity contribution in [2.24, 2.45) is 0 Å². The van der Waals surface area contributed by atoms with Gasteiger partial charge >= 0.3 is 0 Å². The number of pyridine rings is 1. The maximum atomic E-state index is 12.2. The molecule has 19 heavy (non-hydrogen) atoms. The first kappa shape index (κ1) is 11.5. The number of aromatic nitrogens is 5. The molecule has 0 saturated carbocycles. The first-order valence-electron chi connectivity index (χ1n) is 5.33. The summed E-state index contributed by atoms with van der Waals surface area (Å²) in [7, 11) is 0. The highest BCUT2D eigenvalue weighted by Crippen LogP contribution is 2.22. The first-order chi connectivity index (χ1) is 9.24. The molecule has 0 saturated heterocycles. The van der Waals surface area contributed by atoms with Gasteiger partial charge in [-0.2, -0.15) is 0 Å². The van der Waals surface area contributed by atoms with E-state index in [0.717, 1.165) is 5.39 Å². The summed E-state index contributed by atoms with van der Waals surface area (Å²) in [6, 6.07) is 6.91. The molecule has 0 aliphatic rings. The van der Waals surface area contributed by atoms with Gasteiger partial charge in [0.05, 0.1) is 11.1 Å². The second kappa shape index (κ2) is 4.62. The molecule has 3 rings (SSSR count). The van der Waals surface area contributed by atoms with Crippen molar-refractivity contribution in [3.8, 4) is 0 Å². The number of aromatic amines is 1. The molecule has 0 aliphatic heterocycles. The highest BCUT2D eigenvalue weighted by atomic mass is 35.5. The van der Waals surface area contributed by atoms with Crippen LogP contribution in [0.1, 0.15) is 10.4 Å². The lowest BCUT2D eigenvalue weighted by Crippen LogP contribution is -2.14. The molecule has 0 unspecified atom stereocenters. The predicted molar refractivity (Wildman–Crippen MR) is 68.9 cm³/mol. The molecular formula is C11H7ClN6O. The fourth-order valence-corrected chi connectivity index (χ4v) is 1.94. The Morgan fingerprint density at radius 3 is 3.05 bits per heavy atom. The number of H-pyrrole nitrogens is 1. The minimum Gasteiger partial charge on any atom is -0.289 e. The number of amides is 1.